The second-order valence-corrected chi connectivity index (χ2v) is 6.82. The maximum atomic E-state index is 11.6. The van der Waals surface area contributed by atoms with E-state index >= 15 is 0 Å². The molecule has 15 heavy (non-hydrogen) atoms. The zero-order chi connectivity index (χ0) is 11.3. The van der Waals surface area contributed by atoms with Crippen molar-refractivity contribution in [2.24, 2.45) is 0 Å². The average Bonchev–Trinajstić information content (AvgIpc) is 2.62. The van der Waals surface area contributed by atoms with Crippen molar-refractivity contribution in [1.29, 1.82) is 0 Å². The van der Waals surface area contributed by atoms with Crippen LogP contribution in [0.15, 0.2) is 15.2 Å². The third kappa shape index (κ3) is 4.66. The highest BCUT2D eigenvalue weighted by atomic mass is 79.9. The minimum Gasteiger partial charge on any atom is -0.351 e. The molecule has 0 aliphatic carbocycles. The minimum absolute atomic E-state index is 0.00231. The predicted molar refractivity (Wildman–Crippen MR) is 72.0 cm³/mol. The van der Waals surface area contributed by atoms with Crippen LogP contribution in [-0.4, -0.2) is 17.3 Å². The van der Waals surface area contributed by atoms with Crippen LogP contribution in [0.5, 0.6) is 0 Å². The van der Waals surface area contributed by atoms with Crippen LogP contribution >= 0.6 is 43.2 Å². The van der Waals surface area contributed by atoms with Gasteiger partial charge in [-0.25, -0.2) is 0 Å². The van der Waals surface area contributed by atoms with Crippen LogP contribution in [-0.2, 0) is 0 Å². The number of halogens is 2. The third-order valence-electron chi connectivity index (χ3n) is 1.92. The normalized spacial score (nSPS) is 12.5. The summed E-state index contributed by atoms with van der Waals surface area (Å²) in [5.74, 6) is -0.00231. The molecule has 0 aliphatic rings. The van der Waals surface area contributed by atoms with Crippen molar-refractivity contribution in [3.05, 3.63) is 20.8 Å². The lowest BCUT2D eigenvalue weighted by Gasteiger charge is -2.08. The van der Waals surface area contributed by atoms with E-state index in [-0.39, 0.29) is 5.91 Å². The smallest absolute Gasteiger partial charge is 0.252 e. The molecule has 0 saturated heterocycles. The molecule has 2 nitrogen and oxygen atoms in total. The van der Waals surface area contributed by atoms with Gasteiger partial charge in [-0.15, -0.1) is 11.3 Å². The molecular weight excluding hydrogens is 342 g/mol. The van der Waals surface area contributed by atoms with E-state index in [0.717, 1.165) is 22.2 Å². The lowest BCUT2D eigenvalue weighted by molar-refractivity contribution is 0.0954. The second kappa shape index (κ2) is 6.66. The molecule has 0 bridgehead atoms. The van der Waals surface area contributed by atoms with Gasteiger partial charge in [-0.1, -0.05) is 29.3 Å². The molecule has 1 N–H and O–H groups in total. The molecular formula is C10H13Br2NOS. The summed E-state index contributed by atoms with van der Waals surface area (Å²) in [5.41, 5.74) is 0.725. The Kier molecular flexibility index (Phi) is 5.86. The Morgan fingerprint density at radius 3 is 2.93 bits per heavy atom. The first-order valence-corrected chi connectivity index (χ1v) is 7.38. The lowest BCUT2D eigenvalue weighted by Crippen LogP contribution is -2.29. The van der Waals surface area contributed by atoms with Gasteiger partial charge in [0, 0.05) is 16.8 Å². The zero-order valence-corrected chi connectivity index (χ0v) is 12.4. The molecule has 1 aromatic heterocycles. The molecule has 0 spiro atoms. The Balaban J connectivity index is 2.36. The molecule has 1 atom stereocenters. The van der Waals surface area contributed by atoms with Crippen LogP contribution < -0.4 is 5.32 Å². The standard InChI is InChI=1S/C10H13Br2NOS/c1-2-3-8(11)5-13-10(14)7-4-9(12)15-6-7/h4,6,8H,2-3,5H2,1H3,(H,13,14). The van der Waals surface area contributed by atoms with E-state index in [1.165, 1.54) is 11.3 Å². The summed E-state index contributed by atoms with van der Waals surface area (Å²) in [6.45, 7) is 2.81. The summed E-state index contributed by atoms with van der Waals surface area (Å²) in [7, 11) is 0. The number of carbonyl (C=O) groups is 1. The molecule has 1 heterocycles. The first-order valence-electron chi connectivity index (χ1n) is 4.79. The summed E-state index contributed by atoms with van der Waals surface area (Å²) in [4.78, 5) is 12.0. The van der Waals surface area contributed by atoms with Crippen LogP contribution in [0.3, 0.4) is 0 Å². The van der Waals surface area contributed by atoms with Crippen molar-refractivity contribution in [2.75, 3.05) is 6.54 Å². The first kappa shape index (κ1) is 13.2. The third-order valence-corrected chi connectivity index (χ3v) is 4.20. The maximum absolute atomic E-state index is 11.6. The van der Waals surface area contributed by atoms with E-state index in [0.29, 0.717) is 11.4 Å². The Bertz CT molecular complexity index is 327. The Hall–Kier alpha value is 0.130. The van der Waals surface area contributed by atoms with Gasteiger partial charge in [0.25, 0.3) is 5.91 Å². The topological polar surface area (TPSA) is 29.1 Å². The van der Waals surface area contributed by atoms with Crippen molar-refractivity contribution >= 4 is 49.1 Å². The highest BCUT2D eigenvalue weighted by Crippen LogP contribution is 2.20. The van der Waals surface area contributed by atoms with Gasteiger partial charge in [0.15, 0.2) is 0 Å². The zero-order valence-electron chi connectivity index (χ0n) is 8.43. The summed E-state index contributed by atoms with van der Waals surface area (Å²) < 4.78 is 0.983. The highest BCUT2D eigenvalue weighted by molar-refractivity contribution is 9.11. The van der Waals surface area contributed by atoms with Crippen molar-refractivity contribution in [3.63, 3.8) is 0 Å². The van der Waals surface area contributed by atoms with Crippen molar-refractivity contribution in [1.82, 2.24) is 5.32 Å². The number of hydrogen-bond acceptors (Lipinski definition) is 2. The summed E-state index contributed by atoms with van der Waals surface area (Å²) in [5, 5.41) is 4.75. The van der Waals surface area contributed by atoms with E-state index in [9.17, 15) is 4.79 Å². The van der Waals surface area contributed by atoms with E-state index in [1.54, 1.807) is 0 Å². The fourth-order valence-electron chi connectivity index (χ4n) is 1.15. The molecule has 0 aromatic carbocycles. The lowest BCUT2D eigenvalue weighted by atomic mass is 10.2. The number of nitrogens with one attached hydrogen (secondary N) is 1. The van der Waals surface area contributed by atoms with E-state index in [2.05, 4.69) is 44.1 Å². The van der Waals surface area contributed by atoms with Gasteiger partial charge in [0.05, 0.1) is 9.35 Å². The Morgan fingerprint density at radius 1 is 1.67 bits per heavy atom. The molecule has 1 aromatic rings. The molecule has 0 aliphatic heterocycles. The van der Waals surface area contributed by atoms with E-state index < -0.39 is 0 Å². The van der Waals surface area contributed by atoms with Gasteiger partial charge < -0.3 is 5.32 Å². The van der Waals surface area contributed by atoms with Crippen molar-refractivity contribution < 1.29 is 4.79 Å². The fourth-order valence-corrected chi connectivity index (χ4v) is 2.91. The molecule has 1 rings (SSSR count). The van der Waals surface area contributed by atoms with Gasteiger partial charge >= 0.3 is 0 Å². The first-order chi connectivity index (χ1) is 7.13. The molecule has 5 heteroatoms. The molecule has 0 radical (unpaired) electrons. The highest BCUT2D eigenvalue weighted by Gasteiger charge is 2.09. The average molecular weight is 355 g/mol. The fraction of sp³-hybridized carbons (Fsp3) is 0.500. The van der Waals surface area contributed by atoms with Gasteiger partial charge in [0.1, 0.15) is 0 Å². The molecule has 0 fully saturated rings. The van der Waals surface area contributed by atoms with Crippen LogP contribution in [0.1, 0.15) is 30.1 Å². The SMILES string of the molecule is CCCC(Br)CNC(=O)c1csc(Br)c1. The summed E-state index contributed by atoms with van der Waals surface area (Å²) >= 11 is 8.38. The van der Waals surface area contributed by atoms with Crippen molar-refractivity contribution in [2.45, 2.75) is 24.6 Å². The van der Waals surface area contributed by atoms with Crippen LogP contribution in [0, 0.1) is 0 Å². The molecule has 1 unspecified atom stereocenters. The largest absolute Gasteiger partial charge is 0.351 e. The monoisotopic (exact) mass is 353 g/mol. The van der Waals surface area contributed by atoms with Gasteiger partial charge in [-0.05, 0) is 28.4 Å². The van der Waals surface area contributed by atoms with E-state index in [1.807, 2.05) is 11.4 Å². The van der Waals surface area contributed by atoms with Gasteiger partial charge in [0.2, 0.25) is 0 Å². The Labute approximate surface area is 111 Å². The molecule has 84 valence electrons. The number of thiophene rings is 1. The van der Waals surface area contributed by atoms with Crippen LogP contribution in [0.4, 0.5) is 0 Å². The van der Waals surface area contributed by atoms with Gasteiger partial charge in [-0.3, -0.25) is 4.79 Å². The number of amides is 1. The van der Waals surface area contributed by atoms with Gasteiger partial charge in [-0.2, -0.15) is 0 Å². The van der Waals surface area contributed by atoms with E-state index in [4.69, 9.17) is 0 Å². The summed E-state index contributed by atoms with van der Waals surface area (Å²) in [6.07, 6.45) is 2.20. The number of carbonyl (C=O) groups excluding carboxylic acids is 1. The van der Waals surface area contributed by atoms with Crippen LogP contribution in [0.25, 0.3) is 0 Å². The maximum Gasteiger partial charge on any atom is 0.252 e. The quantitative estimate of drug-likeness (QED) is 0.800. The second-order valence-electron chi connectivity index (χ2n) is 3.24. The number of hydrogen-bond donors (Lipinski definition) is 1. The predicted octanol–water partition coefficient (Wildman–Crippen LogP) is 3.80. The number of alkyl halides is 1. The molecule has 0 saturated carbocycles. The van der Waals surface area contributed by atoms with Crippen molar-refractivity contribution in [3.8, 4) is 0 Å². The molecule has 1 amide bonds. The Morgan fingerprint density at radius 2 is 2.40 bits per heavy atom. The minimum atomic E-state index is -0.00231. The van der Waals surface area contributed by atoms with Crippen LogP contribution in [0.2, 0.25) is 0 Å². The number of rotatable bonds is 5. The summed E-state index contributed by atoms with van der Waals surface area (Å²) in [6, 6.07) is 1.84.